The minimum Gasteiger partial charge on any atom is -0.486 e. The first kappa shape index (κ1) is 27.4. The van der Waals surface area contributed by atoms with Gasteiger partial charge in [0.2, 0.25) is 6.79 Å². The molecule has 3 heterocycles. The minimum atomic E-state index is -0.468. The number of anilines is 1. The number of aliphatic hydroxyl groups excluding tert-OH is 1. The van der Waals surface area contributed by atoms with Gasteiger partial charge >= 0.3 is 0 Å². The molecule has 0 spiro atoms. The fraction of sp³-hybridized carbons (Fsp3) is 0.379. The van der Waals surface area contributed by atoms with Gasteiger partial charge in [-0.15, -0.1) is 0 Å². The zero-order valence-corrected chi connectivity index (χ0v) is 22.7. The SMILES string of the molecule is C[C@H]1CN([C@@H](C)CO)C(=O)c2cccc(NC(=O)c3cnccn3)c2O[C@@H]1CN(C)Cc1ccc2c(c1)OCO2. The van der Waals surface area contributed by atoms with E-state index in [1.165, 1.54) is 18.6 Å². The normalized spacial score (nSPS) is 18.9. The molecule has 2 aromatic carbocycles. The zero-order chi connectivity index (χ0) is 28.2. The van der Waals surface area contributed by atoms with E-state index in [-0.39, 0.29) is 42.8 Å². The molecule has 0 fully saturated rings. The highest BCUT2D eigenvalue weighted by molar-refractivity contribution is 6.06. The maximum Gasteiger partial charge on any atom is 0.275 e. The molecule has 1 aromatic heterocycles. The molecule has 0 aliphatic carbocycles. The highest BCUT2D eigenvalue weighted by Crippen LogP contribution is 2.36. The fourth-order valence-corrected chi connectivity index (χ4v) is 4.89. The molecule has 3 atom stereocenters. The zero-order valence-electron chi connectivity index (χ0n) is 22.7. The maximum atomic E-state index is 13.7. The van der Waals surface area contributed by atoms with Crippen LogP contribution in [0.5, 0.6) is 17.2 Å². The second-order valence-corrected chi connectivity index (χ2v) is 10.2. The smallest absolute Gasteiger partial charge is 0.275 e. The van der Waals surface area contributed by atoms with Gasteiger partial charge in [0.25, 0.3) is 11.8 Å². The molecule has 0 unspecified atom stereocenters. The van der Waals surface area contributed by atoms with Crippen LogP contribution in [0.4, 0.5) is 5.69 Å². The van der Waals surface area contributed by atoms with Gasteiger partial charge in [0.05, 0.1) is 30.1 Å². The van der Waals surface area contributed by atoms with Gasteiger partial charge in [-0.25, -0.2) is 4.98 Å². The van der Waals surface area contributed by atoms with Crippen molar-refractivity contribution in [1.29, 1.82) is 0 Å². The number of para-hydroxylation sites is 1. The molecule has 11 heteroatoms. The molecule has 2 aliphatic heterocycles. The second kappa shape index (κ2) is 11.9. The third-order valence-electron chi connectivity index (χ3n) is 7.12. The van der Waals surface area contributed by atoms with E-state index >= 15 is 0 Å². The van der Waals surface area contributed by atoms with Crippen LogP contribution >= 0.6 is 0 Å². The lowest BCUT2D eigenvalue weighted by molar-refractivity contribution is 0.0343. The van der Waals surface area contributed by atoms with Gasteiger partial charge in [-0.2, -0.15) is 0 Å². The molecule has 0 radical (unpaired) electrons. The molecule has 2 aliphatic rings. The summed E-state index contributed by atoms with van der Waals surface area (Å²) in [4.78, 5) is 38.5. The van der Waals surface area contributed by atoms with Crippen molar-refractivity contribution in [2.75, 3.05) is 38.9 Å². The summed E-state index contributed by atoms with van der Waals surface area (Å²) in [5.41, 5.74) is 1.87. The standard InChI is InChI=1S/C29H33N5O6/c1-18-13-34(19(2)16-35)29(37)21-5-4-6-22(32-28(36)23-12-30-9-10-31-23)27(21)40-26(18)15-33(3)14-20-7-8-24-25(11-20)39-17-38-24/h4-12,18-19,26,35H,13-17H2,1-3H3,(H,32,36)/t18-,19-,26+/m0/s1. The lowest BCUT2D eigenvalue weighted by atomic mass is 9.98. The monoisotopic (exact) mass is 547 g/mol. The number of amides is 2. The van der Waals surface area contributed by atoms with E-state index in [2.05, 4.69) is 20.2 Å². The van der Waals surface area contributed by atoms with Crippen LogP contribution in [-0.4, -0.2) is 82.4 Å². The summed E-state index contributed by atoms with van der Waals surface area (Å²) in [7, 11) is 2.00. The first-order valence-electron chi connectivity index (χ1n) is 13.2. The van der Waals surface area contributed by atoms with Gasteiger partial charge in [0.15, 0.2) is 17.2 Å². The number of nitrogens with one attached hydrogen (secondary N) is 1. The molecule has 3 aromatic rings. The number of aliphatic hydroxyl groups is 1. The van der Waals surface area contributed by atoms with E-state index in [1.807, 2.05) is 39.1 Å². The van der Waals surface area contributed by atoms with Crippen LogP contribution in [0, 0.1) is 5.92 Å². The number of likely N-dealkylation sites (N-methyl/N-ethyl adjacent to an activating group) is 1. The van der Waals surface area contributed by atoms with Crippen molar-refractivity contribution < 1.29 is 28.9 Å². The number of rotatable bonds is 8. The molecule has 0 bridgehead atoms. The van der Waals surface area contributed by atoms with Gasteiger partial charge in [-0.1, -0.05) is 19.1 Å². The lowest BCUT2D eigenvalue weighted by Gasteiger charge is -2.38. The number of aromatic nitrogens is 2. The second-order valence-electron chi connectivity index (χ2n) is 10.2. The van der Waals surface area contributed by atoms with E-state index in [0.717, 1.165) is 17.1 Å². The van der Waals surface area contributed by atoms with Crippen LogP contribution in [0.2, 0.25) is 0 Å². The van der Waals surface area contributed by atoms with Gasteiger partial charge in [-0.05, 0) is 43.8 Å². The van der Waals surface area contributed by atoms with E-state index in [9.17, 15) is 14.7 Å². The van der Waals surface area contributed by atoms with Gasteiger partial charge in [-0.3, -0.25) is 19.5 Å². The minimum absolute atomic E-state index is 0.0888. The Balaban J connectivity index is 1.43. The van der Waals surface area contributed by atoms with Gasteiger partial charge in [0.1, 0.15) is 11.8 Å². The third kappa shape index (κ3) is 5.85. The van der Waals surface area contributed by atoms with Crippen LogP contribution in [0.15, 0.2) is 55.0 Å². The average molecular weight is 548 g/mol. The van der Waals surface area contributed by atoms with Gasteiger partial charge in [0, 0.05) is 37.9 Å². The van der Waals surface area contributed by atoms with E-state index in [0.29, 0.717) is 30.9 Å². The summed E-state index contributed by atoms with van der Waals surface area (Å²) < 4.78 is 17.5. The molecule has 0 saturated heterocycles. The molecule has 40 heavy (non-hydrogen) atoms. The van der Waals surface area contributed by atoms with Gasteiger partial charge < -0.3 is 29.5 Å². The summed E-state index contributed by atoms with van der Waals surface area (Å²) in [6.45, 7) is 5.46. The number of carbonyl (C=O) groups excluding carboxylic acids is 2. The number of hydrogen-bond donors (Lipinski definition) is 2. The van der Waals surface area contributed by atoms with Crippen LogP contribution < -0.4 is 19.5 Å². The number of fused-ring (bicyclic) bond motifs is 2. The Morgan fingerprint density at radius 2 is 2.05 bits per heavy atom. The Morgan fingerprint density at radius 3 is 2.83 bits per heavy atom. The maximum absolute atomic E-state index is 13.7. The molecule has 210 valence electrons. The summed E-state index contributed by atoms with van der Waals surface area (Å²) >= 11 is 0. The van der Waals surface area contributed by atoms with Crippen molar-refractivity contribution in [2.45, 2.75) is 32.5 Å². The third-order valence-corrected chi connectivity index (χ3v) is 7.12. The Bertz CT molecular complexity index is 1370. The molecule has 5 rings (SSSR count). The van der Waals surface area contributed by atoms with Crippen LogP contribution in [0.25, 0.3) is 0 Å². The van der Waals surface area contributed by atoms with E-state index < -0.39 is 11.9 Å². The number of nitrogens with zero attached hydrogens (tertiary/aromatic N) is 4. The average Bonchev–Trinajstić information content (AvgIpc) is 3.43. The van der Waals surface area contributed by atoms with E-state index in [1.54, 1.807) is 23.1 Å². The highest BCUT2D eigenvalue weighted by Gasteiger charge is 2.34. The molecule has 11 nitrogen and oxygen atoms in total. The summed E-state index contributed by atoms with van der Waals surface area (Å²) in [6.07, 6.45) is 3.95. The number of carbonyl (C=O) groups is 2. The summed E-state index contributed by atoms with van der Waals surface area (Å²) in [6, 6.07) is 10.6. The van der Waals surface area contributed by atoms with Crippen molar-refractivity contribution in [1.82, 2.24) is 19.8 Å². The van der Waals surface area contributed by atoms with E-state index in [4.69, 9.17) is 14.2 Å². The first-order chi connectivity index (χ1) is 19.3. The van der Waals surface area contributed by atoms with Crippen molar-refractivity contribution >= 4 is 17.5 Å². The number of hydrogen-bond acceptors (Lipinski definition) is 9. The quantitative estimate of drug-likeness (QED) is 0.438. The van der Waals surface area contributed by atoms with Crippen LogP contribution in [-0.2, 0) is 6.54 Å². The lowest BCUT2D eigenvalue weighted by Crippen LogP contribution is -2.49. The Hall–Kier alpha value is -4.22. The van der Waals surface area contributed by atoms with Crippen molar-refractivity contribution in [2.24, 2.45) is 5.92 Å². The largest absolute Gasteiger partial charge is 0.486 e. The Kier molecular flexibility index (Phi) is 8.13. The molecule has 0 saturated carbocycles. The Labute approximate surface area is 232 Å². The van der Waals surface area contributed by atoms with Crippen molar-refractivity contribution in [3.63, 3.8) is 0 Å². The predicted molar refractivity (Wildman–Crippen MR) is 146 cm³/mol. The first-order valence-corrected chi connectivity index (χ1v) is 13.2. The van der Waals surface area contributed by atoms with Crippen molar-refractivity contribution in [3.8, 4) is 17.2 Å². The van der Waals surface area contributed by atoms with Crippen molar-refractivity contribution in [3.05, 3.63) is 71.8 Å². The number of ether oxygens (including phenoxy) is 3. The molecular weight excluding hydrogens is 514 g/mol. The van der Waals surface area contributed by atoms with Crippen LogP contribution in [0.1, 0.15) is 40.3 Å². The summed E-state index contributed by atoms with van der Waals surface area (Å²) in [5, 5.41) is 12.8. The molecule has 2 N–H and O–H groups in total. The summed E-state index contributed by atoms with van der Waals surface area (Å²) in [5.74, 6) is 0.919. The molecular formula is C29H33N5O6. The topological polar surface area (TPSA) is 126 Å². The van der Waals surface area contributed by atoms with Crippen LogP contribution in [0.3, 0.4) is 0 Å². The predicted octanol–water partition coefficient (Wildman–Crippen LogP) is 2.81. The fourth-order valence-electron chi connectivity index (χ4n) is 4.89. The Morgan fingerprint density at radius 1 is 1.23 bits per heavy atom. The molecule has 2 amide bonds. The highest BCUT2D eigenvalue weighted by atomic mass is 16.7. The number of benzene rings is 2.